The maximum Gasteiger partial charge on any atom is 0.372 e. The molecular weight excluding hydrogens is 396 g/mol. The van der Waals surface area contributed by atoms with Crippen LogP contribution in [0.4, 0.5) is 5.69 Å². The highest BCUT2D eigenvalue weighted by atomic mass is 32.2. The van der Waals surface area contributed by atoms with Crippen LogP contribution in [0.2, 0.25) is 0 Å². The number of aromatic nitrogens is 2. The molecule has 1 aliphatic carbocycles. The predicted molar refractivity (Wildman–Crippen MR) is 108 cm³/mol. The Morgan fingerprint density at radius 1 is 1.10 bits per heavy atom. The molecule has 1 saturated heterocycles. The topological polar surface area (TPSA) is 112 Å². The normalized spacial score (nSPS) is 21.4. The van der Waals surface area contributed by atoms with Gasteiger partial charge in [0.1, 0.15) is 5.69 Å². The molecule has 154 valence electrons. The second-order valence-electron chi connectivity index (χ2n) is 7.33. The van der Waals surface area contributed by atoms with Gasteiger partial charge in [-0.2, -0.15) is 5.10 Å². The molecule has 0 unspecified atom stereocenters. The molecule has 1 saturated carbocycles. The van der Waals surface area contributed by atoms with Crippen LogP contribution >= 0.6 is 0 Å². The monoisotopic (exact) mass is 418 g/mol. The molecule has 1 aromatic carbocycles. The van der Waals surface area contributed by atoms with Gasteiger partial charge in [-0.3, -0.25) is 14.9 Å². The average molecular weight is 418 g/mol. The highest BCUT2D eigenvalue weighted by molar-refractivity contribution is 8.09. The number of hydrogen-bond donors (Lipinski definition) is 1. The molecule has 9 nitrogen and oxygen atoms in total. The van der Waals surface area contributed by atoms with Crippen LogP contribution in [0.1, 0.15) is 37.8 Å². The standard InChI is InChI=1S/C19H22N4O5S/c1-13-15(17(24)23(22(13)2)14-9-5-3-6-10-14)20-21-16-18(25)28-19(29(16,26)27)11-7-4-8-12-19/h3,5-6,9-10,20H,4,7-8,11-12H2,1-2H3. The van der Waals surface area contributed by atoms with E-state index in [4.69, 9.17) is 4.74 Å². The van der Waals surface area contributed by atoms with Gasteiger partial charge in [-0.25, -0.2) is 17.9 Å². The lowest BCUT2D eigenvalue weighted by atomic mass is 9.97. The Kier molecular flexibility index (Phi) is 4.60. The molecule has 10 heteroatoms. The predicted octanol–water partition coefficient (Wildman–Crippen LogP) is 1.84. The average Bonchev–Trinajstić information content (AvgIpc) is 3.02. The summed E-state index contributed by atoms with van der Waals surface area (Å²) in [5.41, 5.74) is 3.40. The van der Waals surface area contributed by atoms with Gasteiger partial charge in [0.2, 0.25) is 14.8 Å². The first kappa shape index (κ1) is 19.4. The summed E-state index contributed by atoms with van der Waals surface area (Å²) in [5, 5.41) is 3.15. The highest BCUT2D eigenvalue weighted by Gasteiger charge is 2.59. The van der Waals surface area contributed by atoms with Gasteiger partial charge in [0.05, 0.1) is 11.4 Å². The van der Waals surface area contributed by atoms with Crippen molar-refractivity contribution in [3.8, 4) is 5.69 Å². The van der Waals surface area contributed by atoms with Crippen LogP contribution in [0, 0.1) is 6.92 Å². The van der Waals surface area contributed by atoms with E-state index in [9.17, 15) is 18.0 Å². The SMILES string of the molecule is Cc1c(NN=C2C(=O)OC3(CCCCC3)S2(=O)=O)c(=O)n(-c2ccccc2)n1C. The molecular formula is C19H22N4O5S. The van der Waals surface area contributed by atoms with E-state index in [-0.39, 0.29) is 18.5 Å². The number of carbonyl (C=O) groups is 1. The third-order valence-electron chi connectivity index (χ3n) is 5.64. The molecule has 0 atom stereocenters. The largest absolute Gasteiger partial charge is 0.437 e. The zero-order valence-corrected chi connectivity index (χ0v) is 17.0. The lowest BCUT2D eigenvalue weighted by Gasteiger charge is -2.29. The third-order valence-corrected chi connectivity index (χ3v) is 7.87. The number of sulfone groups is 1. The summed E-state index contributed by atoms with van der Waals surface area (Å²) in [7, 11) is -2.34. The molecule has 1 N–H and O–H groups in total. The molecule has 0 radical (unpaired) electrons. The van der Waals surface area contributed by atoms with E-state index >= 15 is 0 Å². The van der Waals surface area contributed by atoms with Crippen molar-refractivity contribution in [3.05, 3.63) is 46.4 Å². The minimum Gasteiger partial charge on any atom is -0.437 e. The Morgan fingerprint density at radius 3 is 2.41 bits per heavy atom. The van der Waals surface area contributed by atoms with Gasteiger partial charge in [0, 0.05) is 19.9 Å². The van der Waals surface area contributed by atoms with Gasteiger partial charge in [0.25, 0.3) is 10.6 Å². The van der Waals surface area contributed by atoms with Crippen LogP contribution in [-0.2, 0) is 26.4 Å². The van der Waals surface area contributed by atoms with E-state index in [0.29, 0.717) is 24.2 Å². The van der Waals surface area contributed by atoms with Crippen molar-refractivity contribution in [2.75, 3.05) is 5.43 Å². The maximum atomic E-state index is 13.0. The number of carbonyl (C=O) groups excluding carboxylic acids is 1. The molecule has 1 aromatic heterocycles. The van der Waals surface area contributed by atoms with Crippen LogP contribution in [0.15, 0.2) is 40.2 Å². The number of nitrogens with zero attached hydrogens (tertiary/aromatic N) is 3. The molecule has 2 aliphatic rings. The van der Waals surface area contributed by atoms with Crippen LogP contribution in [-0.4, -0.2) is 33.7 Å². The first-order valence-electron chi connectivity index (χ1n) is 9.44. The fourth-order valence-corrected chi connectivity index (χ4v) is 5.71. The van der Waals surface area contributed by atoms with Crippen molar-refractivity contribution in [1.29, 1.82) is 0 Å². The van der Waals surface area contributed by atoms with E-state index in [2.05, 4.69) is 10.5 Å². The Morgan fingerprint density at radius 2 is 1.76 bits per heavy atom. The number of hydrazone groups is 1. The van der Waals surface area contributed by atoms with Crippen molar-refractivity contribution in [1.82, 2.24) is 9.36 Å². The number of esters is 1. The fraction of sp³-hybridized carbons (Fsp3) is 0.421. The molecule has 0 bridgehead atoms. The maximum absolute atomic E-state index is 13.0. The van der Waals surface area contributed by atoms with Crippen LogP contribution < -0.4 is 11.0 Å². The first-order valence-corrected chi connectivity index (χ1v) is 10.9. The Hall–Kier alpha value is -2.88. The summed E-state index contributed by atoms with van der Waals surface area (Å²) in [6.07, 6.45) is 2.79. The summed E-state index contributed by atoms with van der Waals surface area (Å²) in [5.74, 6) is -0.976. The van der Waals surface area contributed by atoms with Gasteiger partial charge in [0.15, 0.2) is 0 Å². The number of rotatable bonds is 3. The van der Waals surface area contributed by atoms with E-state index < -0.39 is 31.3 Å². The Balaban J connectivity index is 1.72. The quantitative estimate of drug-likeness (QED) is 0.601. The summed E-state index contributed by atoms with van der Waals surface area (Å²) in [6, 6.07) is 9.02. The summed E-state index contributed by atoms with van der Waals surface area (Å²) in [6.45, 7) is 1.70. The number of ether oxygens (including phenoxy) is 1. The van der Waals surface area contributed by atoms with E-state index in [1.54, 1.807) is 30.8 Å². The van der Waals surface area contributed by atoms with Crippen LogP contribution in [0.3, 0.4) is 0 Å². The Bertz CT molecular complexity index is 1160. The summed E-state index contributed by atoms with van der Waals surface area (Å²) < 4.78 is 34.3. The van der Waals surface area contributed by atoms with Gasteiger partial charge >= 0.3 is 5.97 Å². The van der Waals surface area contributed by atoms with Crippen molar-refractivity contribution in [2.24, 2.45) is 12.1 Å². The summed E-state index contributed by atoms with van der Waals surface area (Å²) >= 11 is 0. The number of benzene rings is 1. The molecule has 1 spiro atoms. The lowest BCUT2D eigenvalue weighted by Crippen LogP contribution is -2.39. The zero-order chi connectivity index (χ0) is 20.8. The lowest BCUT2D eigenvalue weighted by molar-refractivity contribution is -0.143. The molecule has 0 amide bonds. The van der Waals surface area contributed by atoms with Crippen molar-refractivity contribution < 1.29 is 17.9 Å². The van der Waals surface area contributed by atoms with E-state index in [1.165, 1.54) is 4.68 Å². The van der Waals surface area contributed by atoms with E-state index in [0.717, 1.165) is 6.42 Å². The molecule has 29 heavy (non-hydrogen) atoms. The molecule has 2 heterocycles. The molecule has 2 aromatic rings. The number of nitrogens with one attached hydrogen (secondary N) is 1. The van der Waals surface area contributed by atoms with Crippen molar-refractivity contribution >= 4 is 26.5 Å². The molecule has 2 fully saturated rings. The second kappa shape index (κ2) is 6.87. The fourth-order valence-electron chi connectivity index (χ4n) is 3.92. The molecule has 4 rings (SSSR count). The van der Waals surface area contributed by atoms with Gasteiger partial charge in [-0.1, -0.05) is 24.6 Å². The van der Waals surface area contributed by atoms with Crippen molar-refractivity contribution in [3.63, 3.8) is 0 Å². The number of para-hydroxylation sites is 1. The zero-order valence-electron chi connectivity index (χ0n) is 16.2. The first-order chi connectivity index (χ1) is 13.8. The Labute approximate surface area is 167 Å². The van der Waals surface area contributed by atoms with Gasteiger partial charge in [-0.15, -0.1) is 0 Å². The van der Waals surface area contributed by atoms with E-state index in [1.807, 2.05) is 18.2 Å². The smallest absolute Gasteiger partial charge is 0.372 e. The minimum atomic E-state index is -4.05. The van der Waals surface area contributed by atoms with Gasteiger partial charge in [-0.05, 0) is 31.9 Å². The molecule has 1 aliphatic heterocycles. The van der Waals surface area contributed by atoms with Crippen LogP contribution in [0.5, 0.6) is 0 Å². The van der Waals surface area contributed by atoms with Crippen molar-refractivity contribution in [2.45, 2.75) is 44.0 Å². The number of hydrogen-bond acceptors (Lipinski definition) is 7. The van der Waals surface area contributed by atoms with Crippen LogP contribution in [0.25, 0.3) is 5.69 Å². The third kappa shape index (κ3) is 2.89. The second-order valence-corrected chi connectivity index (χ2v) is 9.47. The summed E-state index contributed by atoms with van der Waals surface area (Å²) in [4.78, 5) is 23.7. The minimum absolute atomic E-state index is 0.0939. The number of anilines is 1. The van der Waals surface area contributed by atoms with Gasteiger partial charge < -0.3 is 4.74 Å². The highest BCUT2D eigenvalue weighted by Crippen LogP contribution is 2.41.